The van der Waals surface area contributed by atoms with Crippen LogP contribution in [0.5, 0.6) is 11.5 Å². The van der Waals surface area contributed by atoms with Gasteiger partial charge < -0.3 is 20.1 Å². The summed E-state index contributed by atoms with van der Waals surface area (Å²) < 4.78 is 11.9. The van der Waals surface area contributed by atoms with Crippen LogP contribution in [0.1, 0.15) is 54.9 Å². The highest BCUT2D eigenvalue weighted by molar-refractivity contribution is 5.29. The van der Waals surface area contributed by atoms with Crippen LogP contribution in [0.25, 0.3) is 0 Å². The van der Waals surface area contributed by atoms with E-state index in [9.17, 15) is 0 Å². The van der Waals surface area contributed by atoms with Crippen LogP contribution in [0.2, 0.25) is 0 Å². The van der Waals surface area contributed by atoms with Crippen molar-refractivity contribution in [2.45, 2.75) is 64.7 Å². The summed E-state index contributed by atoms with van der Waals surface area (Å²) in [4.78, 5) is 2.62. The third kappa shape index (κ3) is 11.8. The van der Waals surface area contributed by atoms with E-state index in [0.717, 1.165) is 69.7 Å². The van der Waals surface area contributed by atoms with Gasteiger partial charge in [0.1, 0.15) is 24.7 Å². The Kier molecular flexibility index (Phi) is 12.8. The Morgan fingerprint density at radius 1 is 0.537 bits per heavy atom. The summed E-state index contributed by atoms with van der Waals surface area (Å²) in [7, 11) is 0. The van der Waals surface area contributed by atoms with Crippen LogP contribution in [-0.2, 0) is 26.1 Å². The van der Waals surface area contributed by atoms with Crippen molar-refractivity contribution in [3.05, 3.63) is 131 Å². The maximum absolute atomic E-state index is 6.03. The molecule has 41 heavy (non-hydrogen) atoms. The Morgan fingerprint density at radius 3 is 1.37 bits per heavy atom. The fourth-order valence-corrected chi connectivity index (χ4v) is 4.97. The lowest BCUT2D eigenvalue weighted by Crippen LogP contribution is -2.29. The molecule has 0 amide bonds. The fourth-order valence-electron chi connectivity index (χ4n) is 4.97. The van der Waals surface area contributed by atoms with Crippen LogP contribution in [0, 0.1) is 0 Å². The molecule has 0 fully saturated rings. The number of hydrogen-bond acceptors (Lipinski definition) is 4. The van der Waals surface area contributed by atoms with E-state index in [1.54, 1.807) is 0 Å². The number of aryl methyl sites for hydroxylation is 2. The molecule has 0 aliphatic heterocycles. The molecular weight excluding hydrogens is 504 g/mol. The summed E-state index contributed by atoms with van der Waals surface area (Å²) in [5, 5.41) is 0. The first-order chi connectivity index (χ1) is 20.1. The van der Waals surface area contributed by atoms with E-state index in [4.69, 9.17) is 15.2 Å². The average Bonchev–Trinajstić information content (AvgIpc) is 3.01. The van der Waals surface area contributed by atoms with Gasteiger partial charge in [0.2, 0.25) is 0 Å². The first kappa shape index (κ1) is 30.4. The normalized spacial score (nSPS) is 11.9. The van der Waals surface area contributed by atoms with Gasteiger partial charge in [0.25, 0.3) is 0 Å². The second-order valence-corrected chi connectivity index (χ2v) is 11.0. The third-order valence-electron chi connectivity index (χ3n) is 7.36. The zero-order valence-corrected chi connectivity index (χ0v) is 24.6. The van der Waals surface area contributed by atoms with Crippen molar-refractivity contribution in [3.8, 4) is 11.5 Å². The fraction of sp³-hybridized carbons (Fsp3) is 0.351. The van der Waals surface area contributed by atoms with Crippen LogP contribution in [0.4, 0.5) is 0 Å². The van der Waals surface area contributed by atoms with Crippen LogP contribution in [0.3, 0.4) is 0 Å². The molecule has 4 nitrogen and oxygen atoms in total. The average molecular weight is 551 g/mol. The number of ether oxygens (including phenoxy) is 2. The van der Waals surface area contributed by atoms with Crippen molar-refractivity contribution in [3.63, 3.8) is 0 Å². The van der Waals surface area contributed by atoms with Gasteiger partial charge in [-0.3, -0.25) is 0 Å². The predicted molar refractivity (Wildman–Crippen MR) is 170 cm³/mol. The lowest BCUT2D eigenvalue weighted by molar-refractivity contribution is 0.259. The quantitative estimate of drug-likeness (QED) is 0.137. The maximum Gasteiger partial charge on any atom is 0.119 e. The van der Waals surface area contributed by atoms with Crippen molar-refractivity contribution in [2.24, 2.45) is 5.73 Å². The van der Waals surface area contributed by atoms with E-state index in [-0.39, 0.29) is 6.04 Å². The molecule has 0 saturated heterocycles. The Balaban J connectivity index is 1.18. The van der Waals surface area contributed by atoms with E-state index in [1.807, 2.05) is 36.4 Å². The minimum Gasteiger partial charge on any atom is -0.489 e. The molecule has 0 aliphatic carbocycles. The lowest BCUT2D eigenvalue weighted by Gasteiger charge is -2.23. The molecule has 0 spiro atoms. The summed E-state index contributed by atoms with van der Waals surface area (Å²) in [6.45, 7) is 6.63. The highest BCUT2D eigenvalue weighted by Crippen LogP contribution is 2.17. The van der Waals surface area contributed by atoms with Crippen molar-refractivity contribution < 1.29 is 9.47 Å². The number of nitrogens with two attached hydrogens (primary N) is 1. The van der Waals surface area contributed by atoms with Crippen molar-refractivity contribution in [2.75, 3.05) is 19.6 Å². The topological polar surface area (TPSA) is 47.7 Å². The highest BCUT2D eigenvalue weighted by atomic mass is 16.5. The summed E-state index contributed by atoms with van der Waals surface area (Å²) in [5.41, 5.74) is 11.1. The van der Waals surface area contributed by atoms with Crippen molar-refractivity contribution >= 4 is 0 Å². The largest absolute Gasteiger partial charge is 0.489 e. The Hall–Kier alpha value is -3.60. The predicted octanol–water partition coefficient (Wildman–Crippen LogP) is 7.84. The number of rotatable bonds is 18. The van der Waals surface area contributed by atoms with Crippen LogP contribution in [-0.4, -0.2) is 30.6 Å². The van der Waals surface area contributed by atoms with Gasteiger partial charge >= 0.3 is 0 Å². The minimum atomic E-state index is 0.266. The molecule has 216 valence electrons. The van der Waals surface area contributed by atoms with Gasteiger partial charge in [0, 0.05) is 6.04 Å². The molecule has 1 unspecified atom stereocenters. The molecule has 4 aromatic carbocycles. The molecule has 2 N–H and O–H groups in total. The number of benzene rings is 4. The first-order valence-electron chi connectivity index (χ1n) is 15.1. The summed E-state index contributed by atoms with van der Waals surface area (Å²) in [5.74, 6) is 1.84. The molecule has 0 saturated carbocycles. The Morgan fingerprint density at radius 2 is 0.951 bits per heavy atom. The second kappa shape index (κ2) is 17.3. The van der Waals surface area contributed by atoms with Gasteiger partial charge in [-0.05, 0) is 112 Å². The summed E-state index contributed by atoms with van der Waals surface area (Å²) in [6.07, 6.45) is 6.68. The van der Waals surface area contributed by atoms with E-state index in [2.05, 4.69) is 84.6 Å². The lowest BCUT2D eigenvalue weighted by atomic mass is 10.1. The number of nitrogens with zero attached hydrogens (tertiary/aromatic N) is 1. The molecule has 4 rings (SSSR count). The van der Waals surface area contributed by atoms with E-state index in [1.165, 1.54) is 22.3 Å². The smallest absolute Gasteiger partial charge is 0.119 e. The summed E-state index contributed by atoms with van der Waals surface area (Å²) >= 11 is 0. The van der Waals surface area contributed by atoms with Crippen LogP contribution < -0.4 is 15.2 Å². The molecule has 4 heteroatoms. The highest BCUT2D eigenvalue weighted by Gasteiger charge is 2.07. The molecule has 0 aromatic heterocycles. The number of hydrogen-bond donors (Lipinski definition) is 1. The Bertz CT molecular complexity index is 1130. The maximum atomic E-state index is 6.03. The van der Waals surface area contributed by atoms with E-state index in [0.29, 0.717) is 13.2 Å². The monoisotopic (exact) mass is 550 g/mol. The van der Waals surface area contributed by atoms with Gasteiger partial charge in [0.05, 0.1) is 0 Å². The zero-order chi connectivity index (χ0) is 28.5. The van der Waals surface area contributed by atoms with E-state index >= 15 is 0 Å². The molecule has 0 aliphatic rings. The van der Waals surface area contributed by atoms with Gasteiger partial charge in [-0.1, -0.05) is 84.9 Å². The molecule has 4 aromatic rings. The summed E-state index contributed by atoms with van der Waals surface area (Å²) in [6, 6.07) is 38.0. The van der Waals surface area contributed by atoms with Gasteiger partial charge in [-0.25, -0.2) is 0 Å². The van der Waals surface area contributed by atoms with Gasteiger partial charge in [-0.15, -0.1) is 0 Å². The van der Waals surface area contributed by atoms with Gasteiger partial charge in [-0.2, -0.15) is 0 Å². The third-order valence-corrected chi connectivity index (χ3v) is 7.36. The first-order valence-corrected chi connectivity index (χ1v) is 15.1. The standard InChI is InChI=1S/C37H46N2O2/c1-31(38)11-8-26-39(27-9-16-32-18-22-36(23-19-32)40-29-34-12-4-2-5-13-34)28-10-17-33-20-24-37(25-21-33)41-30-35-14-6-3-7-15-35/h2-7,12-15,18-25,31H,8-11,16-17,26-30,38H2,1H3. The van der Waals surface area contributed by atoms with Crippen LogP contribution in [0.15, 0.2) is 109 Å². The molecule has 0 bridgehead atoms. The molecule has 1 atom stereocenters. The van der Waals surface area contributed by atoms with E-state index < -0.39 is 0 Å². The van der Waals surface area contributed by atoms with Crippen molar-refractivity contribution in [1.29, 1.82) is 0 Å². The van der Waals surface area contributed by atoms with Crippen molar-refractivity contribution in [1.82, 2.24) is 4.90 Å². The van der Waals surface area contributed by atoms with Gasteiger partial charge in [0.15, 0.2) is 0 Å². The zero-order valence-electron chi connectivity index (χ0n) is 24.6. The molecule has 0 heterocycles. The second-order valence-electron chi connectivity index (χ2n) is 11.0. The molecular formula is C37H46N2O2. The molecule has 0 radical (unpaired) electrons. The van der Waals surface area contributed by atoms with Crippen LogP contribution >= 0.6 is 0 Å². The SMILES string of the molecule is CC(N)CCCN(CCCc1ccc(OCc2ccccc2)cc1)CCCc1ccc(OCc2ccccc2)cc1. The Labute approximate surface area is 247 Å². The minimum absolute atomic E-state index is 0.266.